The van der Waals surface area contributed by atoms with E-state index in [4.69, 9.17) is 0 Å². The van der Waals surface area contributed by atoms with Gasteiger partial charge in [0.05, 0.1) is 6.20 Å². The molecular formula is C14H23N5. The van der Waals surface area contributed by atoms with Crippen molar-refractivity contribution in [2.24, 2.45) is 0 Å². The summed E-state index contributed by atoms with van der Waals surface area (Å²) in [5, 5.41) is 11.2. The first-order valence-corrected chi connectivity index (χ1v) is 6.92. The second kappa shape index (κ2) is 6.52. The van der Waals surface area contributed by atoms with Crippen molar-refractivity contribution in [3.63, 3.8) is 0 Å². The Hall–Kier alpha value is -1.62. The first-order valence-electron chi connectivity index (χ1n) is 6.92. The molecule has 5 nitrogen and oxygen atoms in total. The summed E-state index contributed by atoms with van der Waals surface area (Å²) in [6.45, 7) is 10.5. The molecule has 0 aliphatic rings. The fraction of sp³-hybridized carbons (Fsp3) is 0.571. The summed E-state index contributed by atoms with van der Waals surface area (Å²) >= 11 is 0. The lowest BCUT2D eigenvalue weighted by atomic mass is 10.2. The van der Waals surface area contributed by atoms with Crippen LogP contribution in [0.25, 0.3) is 0 Å². The molecule has 0 amide bonds. The van der Waals surface area contributed by atoms with Gasteiger partial charge in [-0.3, -0.25) is 4.68 Å². The number of nitrogens with zero attached hydrogens (tertiary/aromatic N) is 4. The van der Waals surface area contributed by atoms with Gasteiger partial charge in [0.15, 0.2) is 0 Å². The third-order valence-electron chi connectivity index (χ3n) is 3.52. The van der Waals surface area contributed by atoms with Crippen LogP contribution in [0.15, 0.2) is 18.5 Å². The molecule has 0 saturated heterocycles. The van der Waals surface area contributed by atoms with Gasteiger partial charge in [0.25, 0.3) is 0 Å². The van der Waals surface area contributed by atoms with Crippen LogP contribution >= 0.6 is 0 Å². The molecule has 2 rings (SSSR count). The van der Waals surface area contributed by atoms with Gasteiger partial charge in [0, 0.05) is 37.2 Å². The normalized spacial score (nSPS) is 11.1. The van der Waals surface area contributed by atoms with E-state index < -0.39 is 0 Å². The van der Waals surface area contributed by atoms with Crippen LogP contribution in [0.2, 0.25) is 0 Å². The Morgan fingerprint density at radius 3 is 2.79 bits per heavy atom. The lowest BCUT2D eigenvalue weighted by Gasteiger charge is -2.07. The lowest BCUT2D eigenvalue weighted by molar-refractivity contribution is 0.529. The van der Waals surface area contributed by atoms with Crippen LogP contribution in [-0.4, -0.2) is 26.1 Å². The Balaban J connectivity index is 1.74. The van der Waals surface area contributed by atoms with Gasteiger partial charge in [-0.1, -0.05) is 5.21 Å². The van der Waals surface area contributed by atoms with Crippen molar-refractivity contribution >= 4 is 0 Å². The van der Waals surface area contributed by atoms with Gasteiger partial charge in [-0.05, 0) is 45.4 Å². The van der Waals surface area contributed by atoms with Crippen LogP contribution in [0, 0.1) is 13.8 Å². The number of aromatic nitrogens is 4. The van der Waals surface area contributed by atoms with E-state index in [2.05, 4.69) is 47.0 Å². The molecule has 0 spiro atoms. The fourth-order valence-corrected chi connectivity index (χ4v) is 2.48. The molecule has 0 aliphatic heterocycles. The monoisotopic (exact) mass is 261 g/mol. The number of nitrogens with one attached hydrogen (secondary N) is 1. The van der Waals surface area contributed by atoms with Crippen LogP contribution in [0.3, 0.4) is 0 Å². The quantitative estimate of drug-likeness (QED) is 0.774. The van der Waals surface area contributed by atoms with Gasteiger partial charge in [-0.2, -0.15) is 0 Å². The molecule has 5 heteroatoms. The third kappa shape index (κ3) is 3.44. The predicted octanol–water partition coefficient (Wildman–Crippen LogP) is 1.90. The van der Waals surface area contributed by atoms with Crippen molar-refractivity contribution in [2.45, 2.75) is 46.8 Å². The molecule has 2 heterocycles. The van der Waals surface area contributed by atoms with Crippen LogP contribution in [0.4, 0.5) is 0 Å². The molecular weight excluding hydrogens is 238 g/mol. The van der Waals surface area contributed by atoms with Crippen molar-refractivity contribution in [1.82, 2.24) is 24.9 Å². The van der Waals surface area contributed by atoms with Gasteiger partial charge in [-0.25, -0.2) is 0 Å². The van der Waals surface area contributed by atoms with Crippen molar-refractivity contribution in [2.75, 3.05) is 6.54 Å². The van der Waals surface area contributed by atoms with Crippen molar-refractivity contribution in [3.8, 4) is 0 Å². The van der Waals surface area contributed by atoms with Gasteiger partial charge < -0.3 is 9.88 Å². The largest absolute Gasteiger partial charge is 0.349 e. The Morgan fingerprint density at radius 2 is 2.16 bits per heavy atom. The lowest BCUT2D eigenvalue weighted by Crippen LogP contribution is -2.17. The SMILES string of the molecule is CCn1c(C)cc(CNCCCn2ccnn2)c1C. The van der Waals surface area contributed by atoms with Gasteiger partial charge in [0.1, 0.15) is 0 Å². The van der Waals surface area contributed by atoms with Crippen LogP contribution in [0.5, 0.6) is 0 Å². The maximum atomic E-state index is 3.95. The second-order valence-electron chi connectivity index (χ2n) is 4.84. The average molecular weight is 261 g/mol. The highest BCUT2D eigenvalue weighted by molar-refractivity contribution is 5.26. The molecule has 1 N–H and O–H groups in total. The van der Waals surface area contributed by atoms with E-state index in [9.17, 15) is 0 Å². The summed E-state index contributed by atoms with van der Waals surface area (Å²) in [4.78, 5) is 0. The van der Waals surface area contributed by atoms with E-state index in [1.165, 1.54) is 17.0 Å². The number of hydrogen-bond acceptors (Lipinski definition) is 3. The Labute approximate surface area is 114 Å². The number of hydrogen-bond donors (Lipinski definition) is 1. The molecule has 0 fully saturated rings. The zero-order chi connectivity index (χ0) is 13.7. The van der Waals surface area contributed by atoms with Crippen LogP contribution in [0.1, 0.15) is 30.3 Å². The standard InChI is InChI=1S/C14H23N5/c1-4-19-12(2)10-14(13(19)3)11-15-6-5-8-18-9-7-16-17-18/h7,9-10,15H,4-6,8,11H2,1-3H3. The Kier molecular flexibility index (Phi) is 4.74. The zero-order valence-corrected chi connectivity index (χ0v) is 12.1. The molecule has 2 aromatic rings. The van der Waals surface area contributed by atoms with E-state index in [0.29, 0.717) is 0 Å². The highest BCUT2D eigenvalue weighted by Gasteiger charge is 2.06. The number of rotatable bonds is 7. The van der Waals surface area contributed by atoms with E-state index >= 15 is 0 Å². The minimum absolute atomic E-state index is 0.918. The van der Waals surface area contributed by atoms with Crippen molar-refractivity contribution in [1.29, 1.82) is 0 Å². The summed E-state index contributed by atoms with van der Waals surface area (Å²) in [5.41, 5.74) is 4.13. The summed E-state index contributed by atoms with van der Waals surface area (Å²) in [6.07, 6.45) is 4.68. The molecule has 104 valence electrons. The van der Waals surface area contributed by atoms with Gasteiger partial charge >= 0.3 is 0 Å². The van der Waals surface area contributed by atoms with Gasteiger partial charge in [0.2, 0.25) is 0 Å². The topological polar surface area (TPSA) is 47.7 Å². The average Bonchev–Trinajstić information content (AvgIpc) is 2.98. The third-order valence-corrected chi connectivity index (χ3v) is 3.52. The molecule has 0 atom stereocenters. The maximum absolute atomic E-state index is 3.95. The van der Waals surface area contributed by atoms with E-state index in [1.54, 1.807) is 6.20 Å². The molecule has 0 bridgehead atoms. The summed E-state index contributed by atoms with van der Waals surface area (Å²) < 4.78 is 4.22. The first-order chi connectivity index (χ1) is 9.22. The minimum Gasteiger partial charge on any atom is -0.349 e. The highest BCUT2D eigenvalue weighted by atomic mass is 15.4. The molecule has 2 aromatic heterocycles. The highest BCUT2D eigenvalue weighted by Crippen LogP contribution is 2.14. The molecule has 19 heavy (non-hydrogen) atoms. The molecule has 0 aliphatic carbocycles. The Morgan fingerprint density at radius 1 is 1.32 bits per heavy atom. The van der Waals surface area contributed by atoms with Gasteiger partial charge in [-0.15, -0.1) is 5.10 Å². The zero-order valence-electron chi connectivity index (χ0n) is 12.1. The molecule has 0 radical (unpaired) electrons. The smallest absolute Gasteiger partial charge is 0.0692 e. The van der Waals surface area contributed by atoms with E-state index in [-0.39, 0.29) is 0 Å². The summed E-state index contributed by atoms with van der Waals surface area (Å²) in [5.74, 6) is 0. The summed E-state index contributed by atoms with van der Waals surface area (Å²) in [6, 6.07) is 2.28. The van der Waals surface area contributed by atoms with Crippen molar-refractivity contribution < 1.29 is 0 Å². The minimum atomic E-state index is 0.918. The molecule has 0 saturated carbocycles. The molecule has 0 unspecified atom stereocenters. The Bertz CT molecular complexity index is 498. The number of aryl methyl sites for hydroxylation is 2. The fourth-order valence-electron chi connectivity index (χ4n) is 2.48. The summed E-state index contributed by atoms with van der Waals surface area (Å²) in [7, 11) is 0. The van der Waals surface area contributed by atoms with Crippen LogP contribution in [-0.2, 0) is 19.6 Å². The second-order valence-corrected chi connectivity index (χ2v) is 4.84. The first kappa shape index (κ1) is 13.8. The van der Waals surface area contributed by atoms with E-state index in [0.717, 1.165) is 32.6 Å². The van der Waals surface area contributed by atoms with Crippen LogP contribution < -0.4 is 5.32 Å². The maximum Gasteiger partial charge on any atom is 0.0692 e. The predicted molar refractivity (Wildman–Crippen MR) is 75.9 cm³/mol. The molecule has 0 aromatic carbocycles. The van der Waals surface area contributed by atoms with E-state index in [1.807, 2.05) is 10.9 Å². The van der Waals surface area contributed by atoms with Crippen molar-refractivity contribution in [3.05, 3.63) is 35.4 Å².